The first-order chi connectivity index (χ1) is 13.4. The average Bonchev–Trinajstić information content (AvgIpc) is 2.62. The summed E-state index contributed by atoms with van der Waals surface area (Å²) in [4.78, 5) is 36.6. The number of hydrogen-bond donors (Lipinski definition) is 6. The van der Waals surface area contributed by atoms with Crippen LogP contribution in [0.3, 0.4) is 0 Å². The molecule has 0 aromatic heterocycles. The van der Waals surface area contributed by atoms with E-state index in [-0.39, 0.29) is 12.0 Å². The number of hydrazone groups is 1. The summed E-state index contributed by atoms with van der Waals surface area (Å²) in [6.07, 6.45) is 0.831. The Labute approximate surface area is 166 Å². The molecule has 4 atom stereocenters. The van der Waals surface area contributed by atoms with Crippen LogP contribution in [0.25, 0.3) is 0 Å². The van der Waals surface area contributed by atoms with Gasteiger partial charge in [-0.05, 0) is 26.0 Å². The van der Waals surface area contributed by atoms with E-state index in [0.29, 0.717) is 0 Å². The summed E-state index contributed by atoms with van der Waals surface area (Å²) in [7, 11) is 0. The molecule has 1 aliphatic heterocycles. The van der Waals surface area contributed by atoms with Crippen LogP contribution in [-0.2, 0) is 20.7 Å². The minimum absolute atomic E-state index is 0.0969. The zero-order valence-electron chi connectivity index (χ0n) is 15.3. The van der Waals surface area contributed by atoms with Crippen molar-refractivity contribution in [2.75, 3.05) is 0 Å². The van der Waals surface area contributed by atoms with Gasteiger partial charge in [-0.1, -0.05) is 0 Å². The van der Waals surface area contributed by atoms with E-state index < -0.39 is 62.9 Å². The standard InChI is InChI=1S/C16H19N3O9S/c1-7-3-11(22)19(7)13(15(25)26)16(2,29(27)28)6-17-18-14(24)8-4-9(20)12(23)10(21)5-8/h4-7,13,20-21,23H,3H2,1-2H3,(H,18,24)(H,25,26)(H,27,28)/b17-6+/t7-,13+,16+/m1/s1. The first kappa shape index (κ1) is 22.1. The van der Waals surface area contributed by atoms with E-state index in [1.54, 1.807) is 6.92 Å². The summed E-state index contributed by atoms with van der Waals surface area (Å²) in [5.41, 5.74) is 1.66. The zero-order valence-corrected chi connectivity index (χ0v) is 16.1. The fourth-order valence-corrected chi connectivity index (χ4v) is 3.41. The van der Waals surface area contributed by atoms with E-state index in [1.807, 2.05) is 5.43 Å². The predicted molar refractivity (Wildman–Crippen MR) is 98.9 cm³/mol. The largest absolute Gasteiger partial charge is 0.504 e. The topological polar surface area (TPSA) is 197 Å². The summed E-state index contributed by atoms with van der Waals surface area (Å²) in [5, 5.41) is 41.2. The van der Waals surface area contributed by atoms with Crippen LogP contribution in [0.5, 0.6) is 17.2 Å². The lowest BCUT2D eigenvalue weighted by molar-refractivity contribution is -0.161. The molecule has 1 aliphatic rings. The number of aromatic hydroxyl groups is 3. The third-order valence-corrected chi connectivity index (χ3v) is 5.56. The molecule has 12 nitrogen and oxygen atoms in total. The molecule has 0 spiro atoms. The highest BCUT2D eigenvalue weighted by Crippen LogP contribution is 2.35. The molecule has 1 fully saturated rings. The molecule has 13 heteroatoms. The SMILES string of the molecule is C[C@@H]1CC(=O)N1[C@@H](C(=O)O)[C@](C)(/C=N/NC(=O)c1cc(O)c(O)c(O)c1)S(=O)O. The van der Waals surface area contributed by atoms with Crippen molar-refractivity contribution in [3.05, 3.63) is 17.7 Å². The molecule has 1 unspecified atom stereocenters. The van der Waals surface area contributed by atoms with Crippen LogP contribution in [0, 0.1) is 0 Å². The smallest absolute Gasteiger partial charge is 0.328 e. The van der Waals surface area contributed by atoms with E-state index in [2.05, 4.69) is 5.10 Å². The lowest BCUT2D eigenvalue weighted by atomic mass is 9.92. The van der Waals surface area contributed by atoms with Crippen molar-refractivity contribution in [1.29, 1.82) is 0 Å². The van der Waals surface area contributed by atoms with Crippen molar-refractivity contribution >= 4 is 35.1 Å². The Kier molecular flexibility index (Phi) is 6.13. The number of carbonyl (C=O) groups excluding carboxylic acids is 2. The van der Waals surface area contributed by atoms with Gasteiger partial charge in [-0.3, -0.25) is 9.59 Å². The van der Waals surface area contributed by atoms with E-state index in [9.17, 15) is 43.6 Å². The molecule has 158 valence electrons. The van der Waals surface area contributed by atoms with Crippen LogP contribution in [0.15, 0.2) is 17.2 Å². The molecular weight excluding hydrogens is 410 g/mol. The summed E-state index contributed by atoms with van der Waals surface area (Å²) in [6, 6.07) is -0.502. The number of benzene rings is 1. The van der Waals surface area contributed by atoms with Gasteiger partial charge in [0.2, 0.25) is 5.91 Å². The van der Waals surface area contributed by atoms with Crippen molar-refractivity contribution < 1.29 is 43.6 Å². The lowest BCUT2D eigenvalue weighted by Gasteiger charge is -2.46. The zero-order chi connectivity index (χ0) is 22.1. The van der Waals surface area contributed by atoms with Gasteiger partial charge in [0.15, 0.2) is 34.4 Å². The van der Waals surface area contributed by atoms with Gasteiger partial charge in [0.25, 0.3) is 5.91 Å². The molecular formula is C16H19N3O9S. The number of aliphatic carboxylic acids is 1. The number of carboxylic acids is 1. The fraction of sp³-hybridized carbons (Fsp3) is 0.375. The Bertz CT molecular complexity index is 896. The monoisotopic (exact) mass is 429 g/mol. The molecule has 1 aromatic rings. The Morgan fingerprint density at radius 3 is 2.31 bits per heavy atom. The maximum Gasteiger partial charge on any atom is 0.328 e. The van der Waals surface area contributed by atoms with Crippen LogP contribution in [0.2, 0.25) is 0 Å². The Hall–Kier alpha value is -3.19. The van der Waals surface area contributed by atoms with E-state index >= 15 is 0 Å². The van der Waals surface area contributed by atoms with Gasteiger partial charge in [-0.2, -0.15) is 5.10 Å². The van der Waals surface area contributed by atoms with E-state index in [4.69, 9.17) is 0 Å². The number of hydrogen-bond acceptors (Lipinski definition) is 8. The van der Waals surface area contributed by atoms with Crippen LogP contribution >= 0.6 is 0 Å². The van der Waals surface area contributed by atoms with E-state index in [1.165, 1.54) is 0 Å². The fourth-order valence-electron chi connectivity index (χ4n) is 2.86. The van der Waals surface area contributed by atoms with Gasteiger partial charge in [-0.25, -0.2) is 14.4 Å². The number of nitrogens with zero attached hydrogens (tertiary/aromatic N) is 2. The number of carbonyl (C=O) groups is 3. The van der Waals surface area contributed by atoms with Crippen LogP contribution < -0.4 is 5.43 Å². The summed E-state index contributed by atoms with van der Waals surface area (Å²) < 4.78 is 19.5. The molecule has 2 rings (SSSR count). The first-order valence-electron chi connectivity index (χ1n) is 8.14. The predicted octanol–water partition coefficient (Wildman–Crippen LogP) is -0.427. The van der Waals surface area contributed by atoms with Crippen molar-refractivity contribution in [2.45, 2.75) is 37.1 Å². The summed E-state index contributed by atoms with van der Waals surface area (Å²) in [5.74, 6) is -5.37. The van der Waals surface area contributed by atoms with Crippen molar-refractivity contribution in [1.82, 2.24) is 10.3 Å². The highest BCUT2D eigenvalue weighted by molar-refractivity contribution is 7.81. The second-order valence-corrected chi connectivity index (χ2v) is 7.97. The second kappa shape index (κ2) is 8.05. The molecule has 2 amide bonds. The number of carboxylic acid groups (broad SMARTS) is 1. The second-order valence-electron chi connectivity index (χ2n) is 6.59. The summed E-state index contributed by atoms with van der Waals surface area (Å²) >= 11 is -2.80. The highest BCUT2D eigenvalue weighted by atomic mass is 32.2. The van der Waals surface area contributed by atoms with Crippen LogP contribution in [-0.4, -0.2) is 74.9 Å². The molecule has 1 saturated heterocycles. The minimum Gasteiger partial charge on any atom is -0.504 e. The molecule has 1 aromatic carbocycles. The number of amides is 2. The Morgan fingerprint density at radius 2 is 1.90 bits per heavy atom. The molecule has 0 saturated carbocycles. The minimum atomic E-state index is -2.80. The Balaban J connectivity index is 2.28. The molecule has 29 heavy (non-hydrogen) atoms. The van der Waals surface area contributed by atoms with Crippen LogP contribution in [0.1, 0.15) is 30.6 Å². The van der Waals surface area contributed by atoms with Gasteiger partial charge >= 0.3 is 5.97 Å². The Morgan fingerprint density at radius 1 is 1.34 bits per heavy atom. The third-order valence-electron chi connectivity index (χ3n) is 4.48. The summed E-state index contributed by atoms with van der Waals surface area (Å²) in [6.45, 7) is 2.68. The number of β-lactam (4-membered cyclic amide) rings is 1. The van der Waals surface area contributed by atoms with Gasteiger partial charge in [0, 0.05) is 24.2 Å². The maximum absolute atomic E-state index is 12.1. The molecule has 1 heterocycles. The van der Waals surface area contributed by atoms with Crippen LogP contribution in [0.4, 0.5) is 0 Å². The molecule has 0 aliphatic carbocycles. The molecule has 0 radical (unpaired) electrons. The third kappa shape index (κ3) is 4.14. The number of phenolic OH excluding ortho intramolecular Hbond substituents is 3. The average molecular weight is 429 g/mol. The van der Waals surface area contributed by atoms with Gasteiger partial charge in [0.05, 0.1) is 0 Å². The van der Waals surface area contributed by atoms with E-state index in [0.717, 1.165) is 30.2 Å². The number of rotatable bonds is 7. The van der Waals surface area contributed by atoms with Crippen molar-refractivity contribution in [3.8, 4) is 17.2 Å². The van der Waals surface area contributed by atoms with Gasteiger partial charge in [0.1, 0.15) is 4.75 Å². The molecule has 0 bridgehead atoms. The molecule has 6 N–H and O–H groups in total. The number of phenols is 3. The van der Waals surface area contributed by atoms with Gasteiger partial charge in [-0.15, -0.1) is 0 Å². The first-order valence-corrected chi connectivity index (χ1v) is 9.25. The normalized spacial score (nSPS) is 20.6. The maximum atomic E-state index is 12.1. The number of nitrogens with one attached hydrogen (secondary N) is 1. The lowest BCUT2D eigenvalue weighted by Crippen LogP contribution is -2.67. The number of likely N-dealkylation sites (tertiary alicyclic amines) is 1. The van der Waals surface area contributed by atoms with Crippen molar-refractivity contribution in [2.24, 2.45) is 5.10 Å². The van der Waals surface area contributed by atoms with Gasteiger partial charge < -0.3 is 29.9 Å². The quantitative estimate of drug-likeness (QED) is 0.109. The van der Waals surface area contributed by atoms with Crippen molar-refractivity contribution in [3.63, 3.8) is 0 Å². The highest BCUT2D eigenvalue weighted by Gasteiger charge is 2.53.